The van der Waals surface area contributed by atoms with Gasteiger partial charge in [0.25, 0.3) is 5.91 Å². The molecule has 2 heterocycles. The van der Waals surface area contributed by atoms with Crippen LogP contribution < -0.4 is 10.1 Å². The van der Waals surface area contributed by atoms with Gasteiger partial charge in [-0.15, -0.1) is 11.3 Å². The van der Waals surface area contributed by atoms with Crippen molar-refractivity contribution < 1.29 is 28.6 Å². The van der Waals surface area contributed by atoms with Crippen molar-refractivity contribution in [3.63, 3.8) is 0 Å². The second-order valence-electron chi connectivity index (χ2n) is 6.59. The van der Waals surface area contributed by atoms with Crippen LogP contribution in [0.1, 0.15) is 34.6 Å². The van der Waals surface area contributed by atoms with Crippen molar-refractivity contribution in [2.24, 2.45) is 0 Å². The van der Waals surface area contributed by atoms with Crippen molar-refractivity contribution in [3.8, 4) is 5.75 Å². The van der Waals surface area contributed by atoms with Crippen LogP contribution in [0.5, 0.6) is 5.75 Å². The zero-order chi connectivity index (χ0) is 22.4. The molecule has 0 radical (unpaired) electrons. The summed E-state index contributed by atoms with van der Waals surface area (Å²) >= 11 is 7.09. The number of fused-ring (bicyclic) bond motifs is 1. The van der Waals surface area contributed by atoms with Gasteiger partial charge in [0.1, 0.15) is 10.8 Å². The lowest BCUT2D eigenvalue weighted by atomic mass is 10.0. The smallest absolute Gasteiger partial charge is 0.410 e. The monoisotopic (exact) mass is 466 g/mol. The molecule has 0 fully saturated rings. The number of anilines is 1. The Morgan fingerprint density at radius 2 is 1.84 bits per heavy atom. The normalized spacial score (nSPS) is 12.7. The minimum atomic E-state index is -0.501. The highest BCUT2D eigenvalue weighted by molar-refractivity contribution is 7.17. The largest absolute Gasteiger partial charge is 0.484 e. The maximum absolute atomic E-state index is 12.6. The number of halogens is 1. The van der Waals surface area contributed by atoms with Crippen LogP contribution in [-0.2, 0) is 27.2 Å². The standard InChI is InChI=1S/C21H23ClN2O6S/c1-3-28-20(26)18-15-9-10-24(21(27)29-4-2)11-16(15)31-19(18)23-17(25)12-30-14-7-5-13(22)6-8-14/h5-8H,3-4,9-12H2,1-2H3,(H,23,25). The Labute approximate surface area is 189 Å². The molecule has 0 spiro atoms. The summed E-state index contributed by atoms with van der Waals surface area (Å²) in [5.74, 6) is -0.416. The van der Waals surface area contributed by atoms with E-state index in [0.29, 0.717) is 40.8 Å². The lowest BCUT2D eigenvalue weighted by Gasteiger charge is -2.26. The highest BCUT2D eigenvalue weighted by atomic mass is 35.5. The van der Waals surface area contributed by atoms with Crippen LogP contribution >= 0.6 is 22.9 Å². The van der Waals surface area contributed by atoms with Crippen molar-refractivity contribution >= 4 is 45.9 Å². The van der Waals surface area contributed by atoms with E-state index in [1.54, 1.807) is 43.0 Å². The lowest BCUT2D eigenvalue weighted by Crippen LogP contribution is -2.36. The summed E-state index contributed by atoms with van der Waals surface area (Å²) in [5, 5.41) is 3.71. The summed E-state index contributed by atoms with van der Waals surface area (Å²) in [7, 11) is 0. The zero-order valence-electron chi connectivity index (χ0n) is 17.2. The Balaban J connectivity index is 1.75. The lowest BCUT2D eigenvalue weighted by molar-refractivity contribution is -0.118. The molecule has 1 aromatic heterocycles. The molecule has 0 unspecified atom stereocenters. The van der Waals surface area contributed by atoms with Gasteiger partial charge >= 0.3 is 12.1 Å². The van der Waals surface area contributed by atoms with Gasteiger partial charge < -0.3 is 24.4 Å². The first kappa shape index (κ1) is 22.9. The van der Waals surface area contributed by atoms with Gasteiger partial charge in [-0.2, -0.15) is 0 Å². The Hall–Kier alpha value is -2.78. The molecular weight excluding hydrogens is 444 g/mol. The number of thiophene rings is 1. The molecule has 2 aromatic rings. The van der Waals surface area contributed by atoms with Gasteiger partial charge in [-0.25, -0.2) is 9.59 Å². The van der Waals surface area contributed by atoms with E-state index in [1.165, 1.54) is 11.3 Å². The maximum Gasteiger partial charge on any atom is 0.410 e. The second-order valence-corrected chi connectivity index (χ2v) is 8.13. The Morgan fingerprint density at radius 1 is 1.13 bits per heavy atom. The number of esters is 1. The summed E-state index contributed by atoms with van der Waals surface area (Å²) < 4.78 is 15.7. The van der Waals surface area contributed by atoms with Crippen LogP contribution in [-0.4, -0.2) is 49.2 Å². The average molecular weight is 467 g/mol. The molecule has 0 aliphatic carbocycles. The van der Waals surface area contributed by atoms with E-state index in [1.807, 2.05) is 0 Å². The Morgan fingerprint density at radius 3 is 2.52 bits per heavy atom. The third-order valence-corrected chi connectivity index (χ3v) is 5.88. The van der Waals surface area contributed by atoms with Crippen LogP contribution in [0.2, 0.25) is 5.02 Å². The summed E-state index contributed by atoms with van der Waals surface area (Å²) in [6.45, 7) is 4.46. The van der Waals surface area contributed by atoms with E-state index in [2.05, 4.69) is 5.32 Å². The van der Waals surface area contributed by atoms with Gasteiger partial charge in [-0.1, -0.05) is 11.6 Å². The van der Waals surface area contributed by atoms with Gasteiger partial charge in [0, 0.05) is 16.4 Å². The van der Waals surface area contributed by atoms with E-state index >= 15 is 0 Å². The van der Waals surface area contributed by atoms with Crippen LogP contribution in [0.15, 0.2) is 24.3 Å². The molecule has 0 saturated heterocycles. The van der Waals surface area contributed by atoms with Crippen LogP contribution in [0.4, 0.5) is 9.80 Å². The molecule has 1 N–H and O–H groups in total. The Bertz CT molecular complexity index is 960. The SMILES string of the molecule is CCOC(=O)c1c(NC(=O)COc2ccc(Cl)cc2)sc2c1CCN(C(=O)OCC)C2. The second kappa shape index (κ2) is 10.5. The van der Waals surface area contributed by atoms with Gasteiger partial charge in [0.05, 0.1) is 25.3 Å². The minimum absolute atomic E-state index is 0.214. The quantitative estimate of drug-likeness (QED) is 0.617. The highest BCUT2D eigenvalue weighted by Crippen LogP contribution is 2.38. The van der Waals surface area contributed by atoms with Crippen LogP contribution in [0, 0.1) is 0 Å². The van der Waals surface area contributed by atoms with Crippen molar-refractivity contribution in [1.82, 2.24) is 4.90 Å². The number of hydrogen-bond acceptors (Lipinski definition) is 7. The van der Waals surface area contributed by atoms with E-state index in [0.717, 1.165) is 10.4 Å². The molecule has 0 bridgehead atoms. The molecule has 2 amide bonds. The molecule has 1 aliphatic rings. The molecule has 1 aliphatic heterocycles. The molecule has 0 saturated carbocycles. The fourth-order valence-electron chi connectivity index (χ4n) is 3.12. The van der Waals surface area contributed by atoms with Gasteiger partial charge in [0.15, 0.2) is 6.61 Å². The summed E-state index contributed by atoms with van der Waals surface area (Å²) in [5.41, 5.74) is 1.13. The third kappa shape index (κ3) is 5.68. The first-order valence-electron chi connectivity index (χ1n) is 9.84. The van der Waals surface area contributed by atoms with Crippen molar-refractivity contribution in [2.75, 3.05) is 31.7 Å². The number of carbonyl (C=O) groups is 3. The summed E-state index contributed by atoms with van der Waals surface area (Å²) in [6.07, 6.45) is 0.0665. The predicted molar refractivity (Wildman–Crippen MR) is 117 cm³/mol. The molecule has 166 valence electrons. The number of hydrogen-bond donors (Lipinski definition) is 1. The van der Waals surface area contributed by atoms with E-state index in [9.17, 15) is 14.4 Å². The fourth-order valence-corrected chi connectivity index (χ4v) is 4.52. The minimum Gasteiger partial charge on any atom is -0.484 e. The number of carbonyl (C=O) groups excluding carboxylic acids is 3. The summed E-state index contributed by atoms with van der Waals surface area (Å²) in [4.78, 5) is 39.5. The average Bonchev–Trinajstić information content (AvgIpc) is 3.10. The molecule has 10 heteroatoms. The van der Waals surface area contributed by atoms with Crippen LogP contribution in [0.25, 0.3) is 0 Å². The maximum atomic E-state index is 12.6. The number of rotatable bonds is 7. The van der Waals surface area contributed by atoms with Crippen molar-refractivity contribution in [1.29, 1.82) is 0 Å². The number of nitrogens with one attached hydrogen (secondary N) is 1. The predicted octanol–water partition coefficient (Wildman–Crippen LogP) is 4.11. The molecule has 31 heavy (non-hydrogen) atoms. The topological polar surface area (TPSA) is 94.2 Å². The third-order valence-electron chi connectivity index (χ3n) is 4.50. The Kier molecular flexibility index (Phi) is 7.75. The number of ether oxygens (including phenoxy) is 3. The molecule has 0 atom stereocenters. The molecular formula is C21H23ClN2O6S. The molecule has 3 rings (SSSR count). The zero-order valence-corrected chi connectivity index (χ0v) is 18.8. The van der Waals surface area contributed by atoms with E-state index in [4.69, 9.17) is 25.8 Å². The van der Waals surface area contributed by atoms with E-state index in [-0.39, 0.29) is 19.8 Å². The first-order valence-corrected chi connectivity index (χ1v) is 11.0. The summed E-state index contributed by atoms with van der Waals surface area (Å²) in [6, 6.07) is 6.65. The number of nitrogens with zero attached hydrogens (tertiary/aromatic N) is 1. The first-order chi connectivity index (χ1) is 14.9. The van der Waals surface area contributed by atoms with E-state index < -0.39 is 18.0 Å². The van der Waals surface area contributed by atoms with Gasteiger partial charge in [-0.05, 0) is 50.1 Å². The molecule has 8 nitrogen and oxygen atoms in total. The number of benzene rings is 1. The van der Waals surface area contributed by atoms with Crippen LogP contribution in [0.3, 0.4) is 0 Å². The van der Waals surface area contributed by atoms with Gasteiger partial charge in [0.2, 0.25) is 0 Å². The van der Waals surface area contributed by atoms with Crippen molar-refractivity contribution in [3.05, 3.63) is 45.3 Å². The van der Waals surface area contributed by atoms with Crippen molar-refractivity contribution in [2.45, 2.75) is 26.8 Å². The molecule has 1 aromatic carbocycles. The number of amides is 2. The fraction of sp³-hybridized carbons (Fsp3) is 0.381. The van der Waals surface area contributed by atoms with Gasteiger partial charge in [-0.3, -0.25) is 4.79 Å². The highest BCUT2D eigenvalue weighted by Gasteiger charge is 2.31.